The summed E-state index contributed by atoms with van der Waals surface area (Å²) >= 11 is 0. The fourth-order valence-corrected chi connectivity index (χ4v) is 7.16. The Balaban J connectivity index is 1.51. The van der Waals surface area contributed by atoms with Gasteiger partial charge < -0.3 is 26.0 Å². The summed E-state index contributed by atoms with van der Waals surface area (Å²) in [6.07, 6.45) is 9.09. The number of hydrogen-bond donors (Lipinski definition) is 5. The Hall–Kier alpha value is -3.76. The number of hydrogen-bond acceptors (Lipinski definition) is 9. The van der Waals surface area contributed by atoms with Crippen LogP contribution in [-0.4, -0.2) is 49.9 Å². The van der Waals surface area contributed by atoms with Crippen LogP contribution in [0.25, 0.3) is 6.08 Å². The molecule has 0 radical (unpaired) electrons. The Morgan fingerprint density at radius 2 is 2.10 bits per heavy atom. The molecule has 10 nitrogen and oxygen atoms in total. The summed E-state index contributed by atoms with van der Waals surface area (Å²) in [4.78, 5) is 36.3. The van der Waals surface area contributed by atoms with Gasteiger partial charge in [0.05, 0.1) is 29.9 Å². The van der Waals surface area contributed by atoms with Crippen molar-refractivity contribution in [1.82, 2.24) is 15.0 Å². The number of carbonyl (C=O) groups excluding carboxylic acids is 1. The van der Waals surface area contributed by atoms with Crippen LogP contribution in [-0.2, 0) is 9.53 Å². The number of aromatic amines is 1. The molecule has 0 aromatic carbocycles. The highest BCUT2D eigenvalue weighted by molar-refractivity contribution is 5.95. The van der Waals surface area contributed by atoms with Gasteiger partial charge in [-0.3, -0.25) is 9.78 Å². The SMILES string of the molecule is C=C1CCC2[C@](C)(CC[C@@H](O)[C@@]2(C)CO)C1CC(Nc1ccccn1)C1=C/C(=C\c2cnc(N)[nH]c2=O)OC1=O. The van der Waals surface area contributed by atoms with Crippen molar-refractivity contribution >= 4 is 23.8 Å². The summed E-state index contributed by atoms with van der Waals surface area (Å²) in [6, 6.07) is 5.05. The largest absolute Gasteiger partial charge is 0.423 e. The molecule has 10 heteroatoms. The molecule has 0 spiro atoms. The molecule has 40 heavy (non-hydrogen) atoms. The van der Waals surface area contributed by atoms with E-state index < -0.39 is 29.1 Å². The van der Waals surface area contributed by atoms with Crippen molar-refractivity contribution in [2.45, 2.75) is 58.1 Å². The average Bonchev–Trinajstić information content (AvgIpc) is 3.30. The Morgan fingerprint density at radius 3 is 2.80 bits per heavy atom. The molecule has 6 atom stereocenters. The van der Waals surface area contributed by atoms with E-state index in [0.29, 0.717) is 24.2 Å². The van der Waals surface area contributed by atoms with Crippen LogP contribution in [0.4, 0.5) is 11.8 Å². The number of nitrogens with one attached hydrogen (secondary N) is 2. The fraction of sp³-hybridized carbons (Fsp3) is 0.467. The van der Waals surface area contributed by atoms with Crippen molar-refractivity contribution in [2.75, 3.05) is 17.7 Å². The van der Waals surface area contributed by atoms with E-state index in [1.165, 1.54) is 12.3 Å². The smallest absolute Gasteiger partial charge is 0.341 e. The zero-order chi connectivity index (χ0) is 28.7. The minimum absolute atomic E-state index is 0.00143. The van der Waals surface area contributed by atoms with Gasteiger partial charge >= 0.3 is 5.97 Å². The van der Waals surface area contributed by atoms with Gasteiger partial charge in [-0.2, -0.15) is 0 Å². The molecule has 212 valence electrons. The molecule has 3 unspecified atom stereocenters. The molecule has 2 saturated carbocycles. The normalized spacial score (nSPS) is 31.9. The van der Waals surface area contributed by atoms with Crippen LogP contribution in [0.15, 0.2) is 64.9 Å². The molecule has 6 N–H and O–H groups in total. The lowest BCUT2D eigenvalue weighted by atomic mass is 9.46. The van der Waals surface area contributed by atoms with Gasteiger partial charge in [-0.1, -0.05) is 32.1 Å². The summed E-state index contributed by atoms with van der Waals surface area (Å²) in [5.41, 5.74) is 5.99. The van der Waals surface area contributed by atoms with Crippen LogP contribution < -0.4 is 16.6 Å². The molecule has 1 aliphatic heterocycles. The van der Waals surface area contributed by atoms with E-state index in [-0.39, 0.29) is 41.1 Å². The number of nitrogens with zero attached hydrogens (tertiary/aromatic N) is 2. The van der Waals surface area contributed by atoms with Gasteiger partial charge in [0, 0.05) is 17.8 Å². The molecule has 5 rings (SSSR count). The van der Waals surface area contributed by atoms with Crippen LogP contribution in [0.1, 0.15) is 51.5 Å². The Bertz CT molecular complexity index is 1420. The Labute approximate surface area is 233 Å². The highest BCUT2D eigenvalue weighted by atomic mass is 16.5. The van der Waals surface area contributed by atoms with Crippen LogP contribution in [0.3, 0.4) is 0 Å². The number of aliphatic hydroxyl groups is 2. The van der Waals surface area contributed by atoms with Gasteiger partial charge in [0.1, 0.15) is 11.6 Å². The van der Waals surface area contributed by atoms with Gasteiger partial charge in [0.2, 0.25) is 0 Å². The molecule has 0 amide bonds. The van der Waals surface area contributed by atoms with Gasteiger partial charge in [-0.25, -0.2) is 14.8 Å². The number of nitrogens with two attached hydrogens (primary N) is 1. The Kier molecular flexibility index (Phi) is 7.41. The van der Waals surface area contributed by atoms with E-state index in [0.717, 1.165) is 24.8 Å². The molecule has 2 fully saturated rings. The van der Waals surface area contributed by atoms with E-state index in [4.69, 9.17) is 10.5 Å². The van der Waals surface area contributed by atoms with Crippen molar-refractivity contribution in [3.63, 3.8) is 0 Å². The van der Waals surface area contributed by atoms with E-state index in [1.807, 2.05) is 25.1 Å². The van der Waals surface area contributed by atoms with Crippen LogP contribution >= 0.6 is 0 Å². The number of anilines is 2. The summed E-state index contributed by atoms with van der Waals surface area (Å²) in [6.45, 7) is 8.57. The minimum atomic E-state index is -0.614. The molecular formula is C30H37N5O5. The third kappa shape index (κ3) is 4.97. The molecule has 2 aliphatic carbocycles. The first kappa shape index (κ1) is 27.8. The highest BCUT2D eigenvalue weighted by Gasteiger charge is 2.58. The molecule has 2 aromatic rings. The zero-order valence-corrected chi connectivity index (χ0v) is 22.9. The zero-order valence-electron chi connectivity index (χ0n) is 22.9. The van der Waals surface area contributed by atoms with Gasteiger partial charge in [0.25, 0.3) is 5.56 Å². The van der Waals surface area contributed by atoms with Crippen molar-refractivity contribution in [3.05, 3.63) is 76.1 Å². The summed E-state index contributed by atoms with van der Waals surface area (Å²) in [7, 11) is 0. The number of nitrogen functional groups attached to an aromatic ring is 1. The number of cyclic esters (lactones) is 1. The van der Waals surface area contributed by atoms with E-state index in [2.05, 4.69) is 33.8 Å². The summed E-state index contributed by atoms with van der Waals surface area (Å²) in [5, 5.41) is 24.7. The number of aliphatic hydroxyl groups excluding tert-OH is 2. The lowest BCUT2D eigenvalue weighted by molar-refractivity contribution is -0.152. The number of rotatable bonds is 7. The molecule has 2 aromatic heterocycles. The topological polar surface area (TPSA) is 163 Å². The van der Waals surface area contributed by atoms with E-state index in [1.54, 1.807) is 12.3 Å². The maximum absolute atomic E-state index is 13.2. The lowest BCUT2D eigenvalue weighted by Crippen LogP contribution is -2.58. The molecule has 3 aliphatic rings. The second kappa shape index (κ2) is 10.7. The molecule has 0 saturated heterocycles. The van der Waals surface area contributed by atoms with Crippen LogP contribution in [0, 0.1) is 22.7 Å². The predicted octanol–water partition coefficient (Wildman–Crippen LogP) is 3.18. The third-order valence-corrected chi connectivity index (χ3v) is 9.42. The van der Waals surface area contributed by atoms with Crippen molar-refractivity contribution < 1.29 is 19.7 Å². The van der Waals surface area contributed by atoms with Gasteiger partial charge in [0.15, 0.2) is 5.95 Å². The summed E-state index contributed by atoms with van der Waals surface area (Å²) < 4.78 is 5.56. The average molecular weight is 548 g/mol. The van der Waals surface area contributed by atoms with Crippen LogP contribution in [0.2, 0.25) is 0 Å². The van der Waals surface area contributed by atoms with Crippen molar-refractivity contribution in [3.8, 4) is 0 Å². The third-order valence-electron chi connectivity index (χ3n) is 9.42. The number of H-pyrrole nitrogens is 1. The fourth-order valence-electron chi connectivity index (χ4n) is 7.16. The lowest BCUT2D eigenvalue weighted by Gasteiger charge is -2.60. The number of pyridine rings is 1. The van der Waals surface area contributed by atoms with Gasteiger partial charge in [-0.15, -0.1) is 0 Å². The first-order chi connectivity index (χ1) is 19.0. The minimum Gasteiger partial charge on any atom is -0.423 e. The monoisotopic (exact) mass is 547 g/mol. The highest BCUT2D eigenvalue weighted by Crippen LogP contribution is 2.62. The van der Waals surface area contributed by atoms with E-state index in [9.17, 15) is 19.8 Å². The number of aromatic nitrogens is 3. The first-order valence-electron chi connectivity index (χ1n) is 13.7. The molecule has 0 bridgehead atoms. The standard InChI is InChI=1S/C30H37N5O5/c1-17-7-8-23-29(2,10-9-24(37)30(23,3)16-36)21(17)14-22(34-25-6-4-5-11-32-25)20-13-19(40-27(20)39)12-18-15-33-28(31)35-26(18)38/h4-6,11-13,15,21-24,36-37H,1,7-10,14,16H2,2-3H3,(H,32,34)(H3,31,33,35,38)/b19-12+/t21?,22?,23?,24-,29-,30+/m1/s1. The number of esters is 1. The summed E-state index contributed by atoms with van der Waals surface area (Å²) in [5.74, 6) is 0.423. The van der Waals surface area contributed by atoms with Crippen LogP contribution in [0.5, 0.6) is 0 Å². The van der Waals surface area contributed by atoms with Crippen molar-refractivity contribution in [1.29, 1.82) is 0 Å². The number of ether oxygens (including phenoxy) is 1. The number of carbonyl (C=O) groups is 1. The van der Waals surface area contributed by atoms with Gasteiger partial charge in [-0.05, 0) is 73.6 Å². The Morgan fingerprint density at radius 1 is 1.30 bits per heavy atom. The molecule has 3 heterocycles. The quantitative estimate of drug-likeness (QED) is 0.259. The maximum Gasteiger partial charge on any atom is 0.341 e. The van der Waals surface area contributed by atoms with Crippen molar-refractivity contribution in [2.24, 2.45) is 22.7 Å². The first-order valence-corrected chi connectivity index (χ1v) is 13.7. The van der Waals surface area contributed by atoms with E-state index >= 15 is 0 Å². The second-order valence-corrected chi connectivity index (χ2v) is 11.8. The predicted molar refractivity (Wildman–Crippen MR) is 152 cm³/mol. The number of allylic oxidation sites excluding steroid dienone is 2. The maximum atomic E-state index is 13.2. The number of fused-ring (bicyclic) bond motifs is 1. The molecular weight excluding hydrogens is 510 g/mol. The second-order valence-electron chi connectivity index (χ2n) is 11.8.